The summed E-state index contributed by atoms with van der Waals surface area (Å²) in [6.07, 6.45) is 5.06. The van der Waals surface area contributed by atoms with Gasteiger partial charge in [-0.15, -0.1) is 0 Å². The normalized spacial score (nSPS) is 12.8. The Morgan fingerprint density at radius 2 is 2.00 bits per heavy atom. The molecule has 2 heteroatoms. The molecule has 0 amide bonds. The summed E-state index contributed by atoms with van der Waals surface area (Å²) in [5, 5.41) is 0. The van der Waals surface area contributed by atoms with E-state index in [0.29, 0.717) is 0 Å². The molecule has 1 atom stereocenters. The Hall–Kier alpha value is -0.340. The second kappa shape index (κ2) is 9.22. The van der Waals surface area contributed by atoms with Crippen LogP contribution in [0.15, 0.2) is 12.2 Å². The second-order valence-electron chi connectivity index (χ2n) is 4.04. The van der Waals surface area contributed by atoms with Gasteiger partial charge in [0.25, 0.3) is 0 Å². The van der Waals surface area contributed by atoms with Crippen LogP contribution >= 0.6 is 0 Å². The molecular weight excluding hydrogens is 172 g/mol. The molecule has 1 unspecified atom stereocenters. The van der Waals surface area contributed by atoms with E-state index >= 15 is 0 Å². The van der Waals surface area contributed by atoms with Gasteiger partial charge in [-0.05, 0) is 18.8 Å². The number of nitrogens with one attached hydrogen (secondary N) is 2. The van der Waals surface area contributed by atoms with Crippen LogP contribution in [-0.4, -0.2) is 13.1 Å². The van der Waals surface area contributed by atoms with E-state index < -0.39 is 0 Å². The predicted molar refractivity (Wildman–Crippen MR) is 64.1 cm³/mol. The third-order valence-corrected chi connectivity index (χ3v) is 2.56. The maximum absolute atomic E-state index is 4.05. The lowest BCUT2D eigenvalue weighted by atomic mass is 10.00. The maximum Gasteiger partial charge on any atom is 0.0307 e. The molecule has 2 nitrogen and oxygen atoms in total. The van der Waals surface area contributed by atoms with Gasteiger partial charge in [-0.1, -0.05) is 45.8 Å². The molecular formula is C12H26N2. The van der Waals surface area contributed by atoms with E-state index in [1.165, 1.54) is 24.8 Å². The highest BCUT2D eigenvalue weighted by atomic mass is 15.3. The van der Waals surface area contributed by atoms with Gasteiger partial charge < -0.3 is 0 Å². The first-order chi connectivity index (χ1) is 6.70. The largest absolute Gasteiger partial charge is 0.258 e. The predicted octanol–water partition coefficient (Wildman–Crippen LogP) is 2.87. The topological polar surface area (TPSA) is 24.1 Å². The summed E-state index contributed by atoms with van der Waals surface area (Å²) >= 11 is 0. The van der Waals surface area contributed by atoms with Gasteiger partial charge in [0.15, 0.2) is 0 Å². The Bertz CT molecular complexity index is 143. The zero-order valence-electron chi connectivity index (χ0n) is 10.0. The zero-order chi connectivity index (χ0) is 10.8. The minimum Gasteiger partial charge on any atom is -0.258 e. The lowest BCUT2D eigenvalue weighted by Gasteiger charge is -2.10. The molecule has 0 heterocycles. The summed E-state index contributed by atoms with van der Waals surface area (Å²) in [6, 6.07) is 0. The first kappa shape index (κ1) is 13.7. The lowest BCUT2D eigenvalue weighted by molar-refractivity contribution is 0.490. The summed E-state index contributed by atoms with van der Waals surface area (Å²) < 4.78 is 0. The molecule has 0 spiro atoms. The molecule has 0 aliphatic rings. The van der Waals surface area contributed by atoms with Crippen molar-refractivity contribution in [1.82, 2.24) is 10.9 Å². The standard InChI is InChI=1S/C12H26N2/c1-5-11(3)8-7-9-12(4)10-14-13-6-2/h11,13-14H,4-10H2,1-3H3. The Morgan fingerprint density at radius 3 is 2.57 bits per heavy atom. The SMILES string of the molecule is C=C(CCCC(C)CC)CNNCC. The third kappa shape index (κ3) is 8.27. The fourth-order valence-corrected chi connectivity index (χ4v) is 1.31. The van der Waals surface area contributed by atoms with Gasteiger partial charge in [0.05, 0.1) is 0 Å². The Morgan fingerprint density at radius 1 is 1.29 bits per heavy atom. The van der Waals surface area contributed by atoms with Gasteiger partial charge in [-0.25, -0.2) is 0 Å². The van der Waals surface area contributed by atoms with Crippen LogP contribution in [0.2, 0.25) is 0 Å². The summed E-state index contributed by atoms with van der Waals surface area (Å²) in [6.45, 7) is 12.6. The van der Waals surface area contributed by atoms with Gasteiger partial charge in [-0.3, -0.25) is 10.9 Å². The molecule has 0 saturated heterocycles. The molecule has 0 aromatic heterocycles. The Kier molecular flexibility index (Phi) is 9.00. The van der Waals surface area contributed by atoms with Crippen LogP contribution in [-0.2, 0) is 0 Å². The summed E-state index contributed by atoms with van der Waals surface area (Å²) in [4.78, 5) is 0. The van der Waals surface area contributed by atoms with Crippen LogP contribution in [0.4, 0.5) is 0 Å². The van der Waals surface area contributed by atoms with Crippen molar-refractivity contribution in [2.45, 2.75) is 46.5 Å². The van der Waals surface area contributed by atoms with Crippen molar-refractivity contribution in [2.75, 3.05) is 13.1 Å². The van der Waals surface area contributed by atoms with Crippen molar-refractivity contribution in [3.8, 4) is 0 Å². The summed E-state index contributed by atoms with van der Waals surface area (Å²) in [5.41, 5.74) is 7.52. The molecule has 0 radical (unpaired) electrons. The molecule has 0 fully saturated rings. The molecule has 0 aromatic carbocycles. The van der Waals surface area contributed by atoms with E-state index in [2.05, 4.69) is 38.2 Å². The van der Waals surface area contributed by atoms with Gasteiger partial charge in [0, 0.05) is 13.1 Å². The summed E-state index contributed by atoms with van der Waals surface area (Å²) in [5.74, 6) is 0.865. The molecule has 0 saturated carbocycles. The third-order valence-electron chi connectivity index (χ3n) is 2.56. The highest BCUT2D eigenvalue weighted by Gasteiger charge is 1.99. The minimum absolute atomic E-state index is 0.865. The summed E-state index contributed by atoms with van der Waals surface area (Å²) in [7, 11) is 0. The molecule has 0 aliphatic heterocycles. The zero-order valence-corrected chi connectivity index (χ0v) is 10.0. The van der Waals surface area contributed by atoms with E-state index in [4.69, 9.17) is 0 Å². The highest BCUT2D eigenvalue weighted by Crippen LogP contribution is 2.13. The van der Waals surface area contributed by atoms with Gasteiger partial charge in [-0.2, -0.15) is 0 Å². The first-order valence-corrected chi connectivity index (χ1v) is 5.83. The van der Waals surface area contributed by atoms with E-state index in [0.717, 1.165) is 25.4 Å². The van der Waals surface area contributed by atoms with Crippen LogP contribution in [0.25, 0.3) is 0 Å². The Balaban J connectivity index is 3.26. The van der Waals surface area contributed by atoms with E-state index in [1.807, 2.05) is 0 Å². The van der Waals surface area contributed by atoms with Gasteiger partial charge in [0.1, 0.15) is 0 Å². The average molecular weight is 198 g/mol. The van der Waals surface area contributed by atoms with Crippen molar-refractivity contribution in [3.63, 3.8) is 0 Å². The van der Waals surface area contributed by atoms with Crippen molar-refractivity contribution >= 4 is 0 Å². The highest BCUT2D eigenvalue weighted by molar-refractivity contribution is 4.95. The first-order valence-electron chi connectivity index (χ1n) is 5.83. The quantitative estimate of drug-likeness (QED) is 0.338. The van der Waals surface area contributed by atoms with Crippen LogP contribution in [0.3, 0.4) is 0 Å². The number of hydrazine groups is 1. The molecule has 2 N–H and O–H groups in total. The lowest BCUT2D eigenvalue weighted by Crippen LogP contribution is -2.32. The van der Waals surface area contributed by atoms with Gasteiger partial charge in [0.2, 0.25) is 0 Å². The minimum atomic E-state index is 0.865. The van der Waals surface area contributed by atoms with Crippen molar-refractivity contribution in [3.05, 3.63) is 12.2 Å². The maximum atomic E-state index is 4.05. The monoisotopic (exact) mass is 198 g/mol. The fraction of sp³-hybridized carbons (Fsp3) is 0.833. The average Bonchev–Trinajstić information content (AvgIpc) is 2.18. The second-order valence-corrected chi connectivity index (χ2v) is 4.04. The van der Waals surface area contributed by atoms with Crippen LogP contribution < -0.4 is 10.9 Å². The van der Waals surface area contributed by atoms with E-state index in [9.17, 15) is 0 Å². The molecule has 0 rings (SSSR count). The van der Waals surface area contributed by atoms with Crippen molar-refractivity contribution in [2.24, 2.45) is 5.92 Å². The number of rotatable bonds is 9. The molecule has 0 bridgehead atoms. The van der Waals surface area contributed by atoms with E-state index in [1.54, 1.807) is 0 Å². The fourth-order valence-electron chi connectivity index (χ4n) is 1.31. The van der Waals surface area contributed by atoms with Crippen LogP contribution in [0, 0.1) is 5.92 Å². The number of hydrogen-bond donors (Lipinski definition) is 2. The van der Waals surface area contributed by atoms with Crippen molar-refractivity contribution in [1.29, 1.82) is 0 Å². The molecule has 84 valence electrons. The molecule has 14 heavy (non-hydrogen) atoms. The van der Waals surface area contributed by atoms with Gasteiger partial charge >= 0.3 is 0 Å². The van der Waals surface area contributed by atoms with Crippen molar-refractivity contribution < 1.29 is 0 Å². The Labute approximate surface area is 89.1 Å². The van der Waals surface area contributed by atoms with Crippen LogP contribution in [0.1, 0.15) is 46.5 Å². The van der Waals surface area contributed by atoms with Crippen LogP contribution in [0.5, 0.6) is 0 Å². The number of hydrogen-bond acceptors (Lipinski definition) is 2. The molecule has 0 aromatic rings. The van der Waals surface area contributed by atoms with E-state index in [-0.39, 0.29) is 0 Å². The smallest absolute Gasteiger partial charge is 0.0307 e. The molecule has 0 aliphatic carbocycles.